The summed E-state index contributed by atoms with van der Waals surface area (Å²) in [5.74, 6) is 0. The first-order valence-corrected chi connectivity index (χ1v) is 5.74. The monoisotopic (exact) mass is 235 g/mol. The van der Waals surface area contributed by atoms with E-state index in [-0.39, 0.29) is 11.0 Å². The highest BCUT2D eigenvalue weighted by atomic mass is 16.6. The first kappa shape index (κ1) is 12.0. The molecule has 17 heavy (non-hydrogen) atoms. The normalized spacial score (nSPS) is 30.1. The number of hydrogen-bond acceptors (Lipinski definition) is 4. The summed E-state index contributed by atoms with van der Waals surface area (Å²) >= 11 is 0. The Morgan fingerprint density at radius 2 is 2.12 bits per heavy atom. The number of nitro groups is 1. The van der Waals surface area contributed by atoms with E-state index in [4.69, 9.17) is 5.73 Å². The minimum Gasteiger partial charge on any atom is -0.327 e. The highest BCUT2D eigenvalue weighted by Crippen LogP contribution is 2.36. The van der Waals surface area contributed by atoms with Crippen LogP contribution in [-0.4, -0.2) is 29.5 Å². The van der Waals surface area contributed by atoms with Gasteiger partial charge < -0.3 is 5.73 Å². The molecule has 1 aromatic rings. The van der Waals surface area contributed by atoms with Crippen LogP contribution in [0.1, 0.15) is 18.4 Å². The summed E-state index contributed by atoms with van der Waals surface area (Å²) in [5.41, 5.74) is 5.46. The molecular weight excluding hydrogens is 218 g/mol. The molecule has 1 aliphatic rings. The first-order valence-electron chi connectivity index (χ1n) is 5.74. The van der Waals surface area contributed by atoms with Crippen molar-refractivity contribution in [3.63, 3.8) is 0 Å². The van der Waals surface area contributed by atoms with Crippen molar-refractivity contribution in [2.24, 2.45) is 5.73 Å². The lowest BCUT2D eigenvalue weighted by molar-refractivity contribution is -0.616. The van der Waals surface area contributed by atoms with E-state index < -0.39 is 5.66 Å². The van der Waals surface area contributed by atoms with Crippen LogP contribution in [-0.2, 0) is 5.66 Å². The third-order valence-corrected chi connectivity index (χ3v) is 3.55. The van der Waals surface area contributed by atoms with Gasteiger partial charge in [0.2, 0.25) is 0 Å². The Balaban J connectivity index is 2.48. The molecule has 2 rings (SSSR count). The number of benzene rings is 1. The van der Waals surface area contributed by atoms with Crippen LogP contribution in [0.4, 0.5) is 0 Å². The maximum atomic E-state index is 11.5. The number of hydrogen-bond donors (Lipinski definition) is 1. The predicted molar refractivity (Wildman–Crippen MR) is 65.0 cm³/mol. The molecule has 2 N–H and O–H groups in total. The van der Waals surface area contributed by atoms with Gasteiger partial charge >= 0.3 is 5.66 Å². The molecule has 1 aliphatic heterocycles. The second-order valence-electron chi connectivity index (χ2n) is 4.61. The van der Waals surface area contributed by atoms with Crippen molar-refractivity contribution in [3.05, 3.63) is 46.0 Å². The van der Waals surface area contributed by atoms with Gasteiger partial charge in [-0.1, -0.05) is 30.3 Å². The fourth-order valence-corrected chi connectivity index (χ4v) is 2.53. The van der Waals surface area contributed by atoms with E-state index in [9.17, 15) is 10.1 Å². The molecule has 0 saturated carbocycles. The van der Waals surface area contributed by atoms with E-state index in [1.807, 2.05) is 18.2 Å². The van der Waals surface area contributed by atoms with Gasteiger partial charge in [0.1, 0.15) is 0 Å². The number of rotatable bonds is 2. The molecule has 1 heterocycles. The molecule has 0 bridgehead atoms. The lowest BCUT2D eigenvalue weighted by Gasteiger charge is -2.40. The summed E-state index contributed by atoms with van der Waals surface area (Å²) in [6.45, 7) is 0.650. The van der Waals surface area contributed by atoms with Crippen LogP contribution in [0.15, 0.2) is 30.3 Å². The van der Waals surface area contributed by atoms with Gasteiger partial charge in [-0.2, -0.15) is 0 Å². The number of likely N-dealkylation sites (tertiary alicyclic amines) is 1. The maximum Gasteiger partial charge on any atom is 0.304 e. The Bertz CT molecular complexity index is 409. The molecule has 5 nitrogen and oxygen atoms in total. The smallest absolute Gasteiger partial charge is 0.304 e. The summed E-state index contributed by atoms with van der Waals surface area (Å²) < 4.78 is 0. The van der Waals surface area contributed by atoms with Gasteiger partial charge in [-0.05, 0) is 13.5 Å². The van der Waals surface area contributed by atoms with Crippen LogP contribution in [0.25, 0.3) is 0 Å². The highest BCUT2D eigenvalue weighted by molar-refractivity contribution is 5.22. The molecule has 1 saturated heterocycles. The van der Waals surface area contributed by atoms with Gasteiger partial charge in [-0.15, -0.1) is 0 Å². The van der Waals surface area contributed by atoms with Crippen LogP contribution in [0, 0.1) is 10.1 Å². The molecule has 2 unspecified atom stereocenters. The Hall–Kier alpha value is -1.46. The minimum atomic E-state index is -1.17. The fraction of sp³-hybridized carbons (Fsp3) is 0.500. The number of nitrogens with two attached hydrogens (primary N) is 1. The fourth-order valence-electron chi connectivity index (χ4n) is 2.53. The summed E-state index contributed by atoms with van der Waals surface area (Å²) in [5, 5.41) is 11.5. The van der Waals surface area contributed by atoms with Crippen molar-refractivity contribution < 1.29 is 4.92 Å². The average Bonchev–Trinajstić information content (AvgIpc) is 2.33. The molecule has 0 amide bonds. The van der Waals surface area contributed by atoms with Gasteiger partial charge in [0.15, 0.2) is 0 Å². The summed E-state index contributed by atoms with van der Waals surface area (Å²) in [6, 6.07) is 9.01. The van der Waals surface area contributed by atoms with Crippen LogP contribution in [0.5, 0.6) is 0 Å². The number of piperidine rings is 1. The average molecular weight is 235 g/mol. The van der Waals surface area contributed by atoms with Crippen LogP contribution >= 0.6 is 0 Å². The molecule has 5 heteroatoms. The van der Waals surface area contributed by atoms with Gasteiger partial charge in [-0.3, -0.25) is 10.1 Å². The molecule has 1 fully saturated rings. The Labute approximate surface area is 100 Å². The van der Waals surface area contributed by atoms with Gasteiger partial charge in [0, 0.05) is 23.1 Å². The molecule has 92 valence electrons. The van der Waals surface area contributed by atoms with E-state index in [1.54, 1.807) is 24.1 Å². The lowest BCUT2D eigenvalue weighted by Crippen LogP contribution is -2.57. The van der Waals surface area contributed by atoms with Crippen LogP contribution in [0.2, 0.25) is 0 Å². The molecule has 0 aromatic heterocycles. The largest absolute Gasteiger partial charge is 0.327 e. The zero-order chi connectivity index (χ0) is 12.5. The third kappa shape index (κ3) is 1.92. The van der Waals surface area contributed by atoms with Gasteiger partial charge in [0.05, 0.1) is 6.42 Å². The van der Waals surface area contributed by atoms with Crippen molar-refractivity contribution in [3.8, 4) is 0 Å². The zero-order valence-electron chi connectivity index (χ0n) is 9.87. The van der Waals surface area contributed by atoms with Gasteiger partial charge in [0.25, 0.3) is 0 Å². The first-order chi connectivity index (χ1) is 8.07. The van der Waals surface area contributed by atoms with Crippen LogP contribution in [0.3, 0.4) is 0 Å². The standard InChI is InChI=1S/C12H17N3O2/c1-14-8-7-11(13)9-12(14,15(16)17)10-5-3-2-4-6-10/h2-6,11H,7-9,13H2,1H3. The Kier molecular flexibility index (Phi) is 3.13. The zero-order valence-corrected chi connectivity index (χ0v) is 9.87. The third-order valence-electron chi connectivity index (χ3n) is 3.55. The molecule has 0 radical (unpaired) electrons. The predicted octanol–water partition coefficient (Wildman–Crippen LogP) is 1.17. The van der Waals surface area contributed by atoms with Crippen molar-refractivity contribution in [2.75, 3.05) is 13.6 Å². The van der Waals surface area contributed by atoms with Gasteiger partial charge in [-0.25, -0.2) is 4.90 Å². The van der Waals surface area contributed by atoms with Crippen molar-refractivity contribution in [2.45, 2.75) is 24.5 Å². The van der Waals surface area contributed by atoms with E-state index in [2.05, 4.69) is 0 Å². The van der Waals surface area contributed by atoms with E-state index in [0.717, 1.165) is 6.42 Å². The minimum absolute atomic E-state index is 0.114. The second-order valence-corrected chi connectivity index (χ2v) is 4.61. The summed E-state index contributed by atoms with van der Waals surface area (Å²) in [6.07, 6.45) is 1.17. The summed E-state index contributed by atoms with van der Waals surface area (Å²) in [4.78, 5) is 13.1. The lowest BCUT2D eigenvalue weighted by atomic mass is 9.86. The van der Waals surface area contributed by atoms with Crippen molar-refractivity contribution in [1.29, 1.82) is 0 Å². The number of nitrogens with zero attached hydrogens (tertiary/aromatic N) is 2. The SMILES string of the molecule is CN1CCC(N)CC1(c1ccccc1)[N+](=O)[O-]. The Morgan fingerprint density at radius 1 is 1.47 bits per heavy atom. The molecule has 2 atom stereocenters. The van der Waals surface area contributed by atoms with Crippen LogP contribution < -0.4 is 5.73 Å². The van der Waals surface area contributed by atoms with E-state index >= 15 is 0 Å². The molecular formula is C12H17N3O2. The molecule has 0 aliphatic carbocycles. The van der Waals surface area contributed by atoms with E-state index in [0.29, 0.717) is 18.5 Å². The quantitative estimate of drug-likeness (QED) is 0.617. The molecule has 0 spiro atoms. The Morgan fingerprint density at radius 3 is 2.71 bits per heavy atom. The maximum absolute atomic E-state index is 11.5. The van der Waals surface area contributed by atoms with Crippen molar-refractivity contribution in [1.82, 2.24) is 4.90 Å². The van der Waals surface area contributed by atoms with E-state index in [1.165, 1.54) is 0 Å². The molecule has 1 aromatic carbocycles. The second kappa shape index (κ2) is 4.43. The highest BCUT2D eigenvalue weighted by Gasteiger charge is 2.52. The topological polar surface area (TPSA) is 72.4 Å². The van der Waals surface area contributed by atoms with Crippen molar-refractivity contribution >= 4 is 0 Å². The summed E-state index contributed by atoms with van der Waals surface area (Å²) in [7, 11) is 1.79.